The van der Waals surface area contributed by atoms with Crippen molar-refractivity contribution < 1.29 is 4.42 Å². The van der Waals surface area contributed by atoms with Crippen molar-refractivity contribution in [3.63, 3.8) is 0 Å². The third-order valence-electron chi connectivity index (χ3n) is 2.34. The lowest BCUT2D eigenvalue weighted by Gasteiger charge is -2.11. The summed E-state index contributed by atoms with van der Waals surface area (Å²) in [5.41, 5.74) is 1.26. The molecule has 0 radical (unpaired) electrons. The van der Waals surface area contributed by atoms with Gasteiger partial charge in [-0.2, -0.15) is 0 Å². The molecular formula is C12H19NO. The molecule has 0 bridgehead atoms. The van der Waals surface area contributed by atoms with Gasteiger partial charge in [0.25, 0.3) is 0 Å². The fourth-order valence-corrected chi connectivity index (χ4v) is 1.59. The van der Waals surface area contributed by atoms with Crippen LogP contribution in [-0.4, -0.2) is 6.54 Å². The summed E-state index contributed by atoms with van der Waals surface area (Å²) in [4.78, 5) is 0. The molecule has 0 amide bonds. The molecule has 1 unspecified atom stereocenters. The second-order valence-corrected chi connectivity index (χ2v) is 3.62. The van der Waals surface area contributed by atoms with Crippen LogP contribution in [0.1, 0.15) is 36.5 Å². The maximum atomic E-state index is 5.48. The molecule has 0 aliphatic carbocycles. The monoisotopic (exact) mass is 193 g/mol. The van der Waals surface area contributed by atoms with Gasteiger partial charge >= 0.3 is 0 Å². The molecular weight excluding hydrogens is 174 g/mol. The first-order valence-electron chi connectivity index (χ1n) is 5.06. The molecule has 14 heavy (non-hydrogen) atoms. The number of furan rings is 1. The van der Waals surface area contributed by atoms with Crippen molar-refractivity contribution in [3.8, 4) is 0 Å². The predicted octanol–water partition coefficient (Wildman–Crippen LogP) is 3.12. The van der Waals surface area contributed by atoms with E-state index in [0.717, 1.165) is 24.5 Å². The fraction of sp³-hybridized carbons (Fsp3) is 0.500. The summed E-state index contributed by atoms with van der Waals surface area (Å²) >= 11 is 0. The minimum absolute atomic E-state index is 0.354. The van der Waals surface area contributed by atoms with Crippen molar-refractivity contribution in [2.24, 2.45) is 0 Å². The zero-order valence-electron chi connectivity index (χ0n) is 9.26. The molecule has 0 saturated heterocycles. The van der Waals surface area contributed by atoms with E-state index < -0.39 is 0 Å². The largest absolute Gasteiger partial charge is 0.466 e. The number of hydrogen-bond acceptors (Lipinski definition) is 2. The molecule has 1 aromatic rings. The minimum atomic E-state index is 0.354. The highest BCUT2D eigenvalue weighted by molar-refractivity contribution is 5.23. The van der Waals surface area contributed by atoms with Crippen molar-refractivity contribution in [1.82, 2.24) is 5.32 Å². The second kappa shape index (κ2) is 5.01. The van der Waals surface area contributed by atoms with E-state index in [1.54, 1.807) is 0 Å². The van der Waals surface area contributed by atoms with E-state index in [1.807, 2.05) is 19.9 Å². The third kappa shape index (κ3) is 2.74. The Bertz CT molecular complexity index is 301. The van der Waals surface area contributed by atoms with E-state index in [2.05, 4.69) is 24.9 Å². The SMILES string of the molecule is C=CCCNC(C)c1cc(C)oc1C. The fourth-order valence-electron chi connectivity index (χ4n) is 1.59. The molecule has 1 rings (SSSR count). The van der Waals surface area contributed by atoms with Crippen LogP contribution >= 0.6 is 0 Å². The van der Waals surface area contributed by atoms with Gasteiger partial charge in [0, 0.05) is 11.6 Å². The Morgan fingerprint density at radius 2 is 2.29 bits per heavy atom. The normalized spacial score (nSPS) is 12.8. The Balaban J connectivity index is 2.55. The van der Waals surface area contributed by atoms with Gasteiger partial charge in [-0.15, -0.1) is 6.58 Å². The third-order valence-corrected chi connectivity index (χ3v) is 2.34. The number of rotatable bonds is 5. The average molecular weight is 193 g/mol. The van der Waals surface area contributed by atoms with Gasteiger partial charge in [-0.3, -0.25) is 0 Å². The van der Waals surface area contributed by atoms with Gasteiger partial charge in [-0.1, -0.05) is 6.08 Å². The van der Waals surface area contributed by atoms with Gasteiger partial charge in [-0.05, 0) is 39.8 Å². The minimum Gasteiger partial charge on any atom is -0.466 e. The molecule has 0 aromatic carbocycles. The lowest BCUT2D eigenvalue weighted by molar-refractivity contribution is 0.491. The Kier molecular flexibility index (Phi) is 3.96. The first-order chi connectivity index (χ1) is 6.65. The topological polar surface area (TPSA) is 25.2 Å². The molecule has 0 saturated carbocycles. The molecule has 0 aliphatic rings. The Morgan fingerprint density at radius 1 is 1.57 bits per heavy atom. The predicted molar refractivity (Wildman–Crippen MR) is 59.4 cm³/mol. The molecule has 2 heteroatoms. The van der Waals surface area contributed by atoms with E-state index in [0.29, 0.717) is 6.04 Å². The van der Waals surface area contributed by atoms with E-state index >= 15 is 0 Å². The van der Waals surface area contributed by atoms with Crippen LogP contribution in [0.2, 0.25) is 0 Å². The van der Waals surface area contributed by atoms with Crippen molar-refractivity contribution >= 4 is 0 Å². The van der Waals surface area contributed by atoms with Gasteiger partial charge in [0.2, 0.25) is 0 Å². The van der Waals surface area contributed by atoms with Crippen LogP contribution in [0.4, 0.5) is 0 Å². The average Bonchev–Trinajstić information content (AvgIpc) is 2.45. The summed E-state index contributed by atoms with van der Waals surface area (Å²) in [7, 11) is 0. The van der Waals surface area contributed by atoms with Crippen LogP contribution < -0.4 is 5.32 Å². The van der Waals surface area contributed by atoms with Crippen molar-refractivity contribution in [2.75, 3.05) is 6.54 Å². The first-order valence-corrected chi connectivity index (χ1v) is 5.06. The van der Waals surface area contributed by atoms with Crippen LogP contribution in [0.15, 0.2) is 23.1 Å². The summed E-state index contributed by atoms with van der Waals surface area (Å²) in [5.74, 6) is 2.00. The standard InChI is InChI=1S/C12H19NO/c1-5-6-7-13-10(3)12-8-9(2)14-11(12)4/h5,8,10,13H,1,6-7H2,2-4H3. The van der Waals surface area contributed by atoms with Gasteiger partial charge < -0.3 is 9.73 Å². The van der Waals surface area contributed by atoms with Crippen molar-refractivity contribution in [2.45, 2.75) is 33.2 Å². The Labute approximate surface area is 86.0 Å². The van der Waals surface area contributed by atoms with Crippen LogP contribution in [-0.2, 0) is 0 Å². The maximum Gasteiger partial charge on any atom is 0.105 e. The summed E-state index contributed by atoms with van der Waals surface area (Å²) < 4.78 is 5.48. The molecule has 78 valence electrons. The molecule has 1 N–H and O–H groups in total. The van der Waals surface area contributed by atoms with E-state index in [1.165, 1.54) is 5.56 Å². The lowest BCUT2D eigenvalue weighted by Crippen LogP contribution is -2.19. The molecule has 1 atom stereocenters. The van der Waals surface area contributed by atoms with Crippen LogP contribution in [0.5, 0.6) is 0 Å². The number of aryl methyl sites for hydroxylation is 2. The zero-order chi connectivity index (χ0) is 10.6. The zero-order valence-corrected chi connectivity index (χ0v) is 9.26. The van der Waals surface area contributed by atoms with Gasteiger partial charge in [0.1, 0.15) is 11.5 Å². The first kappa shape index (κ1) is 11.1. The molecule has 1 aromatic heterocycles. The molecule has 0 spiro atoms. The van der Waals surface area contributed by atoms with Gasteiger partial charge in [0.05, 0.1) is 0 Å². The molecule has 1 heterocycles. The molecule has 0 fully saturated rings. The summed E-state index contributed by atoms with van der Waals surface area (Å²) in [6.45, 7) is 10.8. The van der Waals surface area contributed by atoms with Gasteiger partial charge in [-0.25, -0.2) is 0 Å². The quantitative estimate of drug-likeness (QED) is 0.574. The summed E-state index contributed by atoms with van der Waals surface area (Å²) in [6.07, 6.45) is 2.92. The number of nitrogens with one attached hydrogen (secondary N) is 1. The highest BCUT2D eigenvalue weighted by atomic mass is 16.3. The molecule has 0 aliphatic heterocycles. The molecule has 2 nitrogen and oxygen atoms in total. The second-order valence-electron chi connectivity index (χ2n) is 3.62. The van der Waals surface area contributed by atoms with E-state index in [-0.39, 0.29) is 0 Å². The number of hydrogen-bond donors (Lipinski definition) is 1. The van der Waals surface area contributed by atoms with E-state index in [9.17, 15) is 0 Å². The van der Waals surface area contributed by atoms with Crippen molar-refractivity contribution in [3.05, 3.63) is 35.8 Å². The summed E-state index contributed by atoms with van der Waals surface area (Å²) in [5, 5.41) is 3.42. The Morgan fingerprint density at radius 3 is 2.79 bits per heavy atom. The maximum absolute atomic E-state index is 5.48. The highest BCUT2D eigenvalue weighted by Gasteiger charge is 2.11. The van der Waals surface area contributed by atoms with Crippen LogP contribution in [0.25, 0.3) is 0 Å². The van der Waals surface area contributed by atoms with Crippen molar-refractivity contribution in [1.29, 1.82) is 0 Å². The van der Waals surface area contributed by atoms with Crippen LogP contribution in [0.3, 0.4) is 0 Å². The lowest BCUT2D eigenvalue weighted by atomic mass is 10.1. The van der Waals surface area contributed by atoms with Gasteiger partial charge in [0.15, 0.2) is 0 Å². The smallest absolute Gasteiger partial charge is 0.105 e. The van der Waals surface area contributed by atoms with E-state index in [4.69, 9.17) is 4.42 Å². The highest BCUT2D eigenvalue weighted by Crippen LogP contribution is 2.20. The Hall–Kier alpha value is -1.02. The van der Waals surface area contributed by atoms with Crippen LogP contribution in [0, 0.1) is 13.8 Å². The summed E-state index contributed by atoms with van der Waals surface area (Å²) in [6, 6.07) is 2.45.